The molecule has 2 heterocycles. The summed E-state index contributed by atoms with van der Waals surface area (Å²) in [6.07, 6.45) is 2.45. The summed E-state index contributed by atoms with van der Waals surface area (Å²) in [6, 6.07) is 7.66. The minimum absolute atomic E-state index is 0.0642. The first-order chi connectivity index (χ1) is 17.2. The van der Waals surface area contributed by atoms with E-state index in [1.165, 1.54) is 16.7 Å². The van der Waals surface area contributed by atoms with E-state index < -0.39 is 45.6 Å². The van der Waals surface area contributed by atoms with Crippen molar-refractivity contribution in [3.8, 4) is 0 Å². The van der Waals surface area contributed by atoms with E-state index in [4.69, 9.17) is 0 Å². The van der Waals surface area contributed by atoms with E-state index in [9.17, 15) is 19.5 Å². The van der Waals surface area contributed by atoms with Crippen molar-refractivity contribution in [2.75, 3.05) is 23.3 Å². The summed E-state index contributed by atoms with van der Waals surface area (Å²) in [4.78, 5) is 39.8. The molecule has 2 aromatic carbocycles. The zero-order chi connectivity index (χ0) is 25.7. The number of aromatic carboxylic acids is 1. The van der Waals surface area contributed by atoms with Crippen LogP contribution in [0.25, 0.3) is 10.9 Å². The number of anilines is 2. The third-order valence-corrected chi connectivity index (χ3v) is 6.65. The van der Waals surface area contributed by atoms with Gasteiger partial charge in [-0.2, -0.15) is 0 Å². The van der Waals surface area contributed by atoms with E-state index in [1.807, 2.05) is 13.8 Å². The molecule has 1 aliphatic heterocycles. The van der Waals surface area contributed by atoms with E-state index in [0.29, 0.717) is 25.9 Å². The number of carbonyl (C=O) groups is 2. The largest absolute Gasteiger partial charge is 0.477 e. The van der Waals surface area contributed by atoms with Gasteiger partial charge in [-0.1, -0.05) is 18.2 Å². The summed E-state index contributed by atoms with van der Waals surface area (Å²) in [5, 5.41) is 14.9. The third kappa shape index (κ3) is 4.11. The summed E-state index contributed by atoms with van der Waals surface area (Å²) in [5.41, 5.74) is -2.52. The topological polar surface area (TPSA) is 104 Å². The monoisotopic (exact) mass is 496 g/mol. The molecule has 10 heteroatoms. The predicted molar refractivity (Wildman–Crippen MR) is 132 cm³/mol. The van der Waals surface area contributed by atoms with Crippen LogP contribution in [0.4, 0.5) is 20.2 Å². The number of rotatable bonds is 5. The molecule has 3 N–H and O–H groups in total. The Balaban J connectivity index is 1.82. The molecular weight excluding hydrogens is 470 g/mol. The number of hydrogen-bond donors (Lipinski definition) is 3. The highest BCUT2D eigenvalue weighted by atomic mass is 19.1. The lowest BCUT2D eigenvalue weighted by Gasteiger charge is -2.38. The van der Waals surface area contributed by atoms with Crippen molar-refractivity contribution >= 4 is 34.2 Å². The highest BCUT2D eigenvalue weighted by molar-refractivity contribution is 6.10. The Labute approximate surface area is 205 Å². The standard InChI is InChI=1S/C26H26F2N4O4/c1-13-10-31(11-14(2)29-13)23-19(27)21(30-25(34)15-6-4-3-5-7-15)18-22(20(23)28)32(16-8-9-16)12-17(24(18)33)26(35)36/h3-7,12-14,16,29H,8-11H2,1-2H3,(H,30,34)(H,35,36). The second kappa shape index (κ2) is 9.02. The molecule has 0 spiro atoms. The number of carboxylic acid groups (broad SMARTS) is 1. The Bertz CT molecular complexity index is 1430. The summed E-state index contributed by atoms with van der Waals surface area (Å²) < 4.78 is 33.9. The molecule has 2 unspecified atom stereocenters. The van der Waals surface area contributed by atoms with Crippen LogP contribution in [0, 0.1) is 11.6 Å². The summed E-state index contributed by atoms with van der Waals surface area (Å²) in [6.45, 7) is 4.40. The number of benzene rings is 2. The minimum Gasteiger partial charge on any atom is -0.477 e. The molecule has 2 atom stereocenters. The molecular formula is C26H26F2N4O4. The molecule has 0 radical (unpaired) electrons. The number of carboxylic acids is 1. The number of nitrogens with zero attached hydrogens (tertiary/aromatic N) is 2. The van der Waals surface area contributed by atoms with Crippen LogP contribution in [0.15, 0.2) is 41.3 Å². The zero-order valence-electron chi connectivity index (χ0n) is 19.8. The van der Waals surface area contributed by atoms with Gasteiger partial charge in [-0.25, -0.2) is 13.6 Å². The molecule has 1 amide bonds. The highest BCUT2D eigenvalue weighted by Crippen LogP contribution is 2.42. The maximum atomic E-state index is 16.2. The van der Waals surface area contributed by atoms with Gasteiger partial charge in [0.2, 0.25) is 5.43 Å². The average Bonchev–Trinajstić information content (AvgIpc) is 3.67. The number of fused-ring (bicyclic) bond motifs is 1. The first kappa shape index (κ1) is 23.9. The Morgan fingerprint density at radius 1 is 1.06 bits per heavy atom. The number of aromatic nitrogens is 1. The Morgan fingerprint density at radius 2 is 1.69 bits per heavy atom. The van der Waals surface area contributed by atoms with Crippen molar-refractivity contribution in [1.29, 1.82) is 0 Å². The fourth-order valence-corrected chi connectivity index (χ4v) is 5.00. The van der Waals surface area contributed by atoms with Gasteiger partial charge in [-0.05, 0) is 38.8 Å². The van der Waals surface area contributed by atoms with Crippen molar-refractivity contribution in [2.24, 2.45) is 0 Å². The smallest absolute Gasteiger partial charge is 0.341 e. The molecule has 1 aromatic heterocycles. The second-order valence-electron chi connectivity index (χ2n) is 9.58. The lowest BCUT2D eigenvalue weighted by molar-refractivity contribution is 0.0694. The molecule has 1 saturated heterocycles. The summed E-state index contributed by atoms with van der Waals surface area (Å²) in [7, 11) is 0. The van der Waals surface area contributed by atoms with Crippen molar-refractivity contribution in [2.45, 2.75) is 44.8 Å². The van der Waals surface area contributed by atoms with Crippen LogP contribution in [-0.4, -0.2) is 46.7 Å². The number of pyridine rings is 1. The molecule has 5 rings (SSSR count). The number of piperazine rings is 1. The number of hydrogen-bond acceptors (Lipinski definition) is 5. The van der Waals surface area contributed by atoms with Crippen LogP contribution in [0.5, 0.6) is 0 Å². The number of carbonyl (C=O) groups excluding carboxylic acids is 1. The van der Waals surface area contributed by atoms with Crippen molar-refractivity contribution in [3.63, 3.8) is 0 Å². The van der Waals surface area contributed by atoms with Gasteiger partial charge < -0.3 is 25.2 Å². The highest BCUT2D eigenvalue weighted by Gasteiger charge is 2.35. The van der Waals surface area contributed by atoms with Crippen LogP contribution < -0.4 is 21.0 Å². The molecule has 188 valence electrons. The van der Waals surface area contributed by atoms with Crippen LogP contribution in [-0.2, 0) is 0 Å². The summed E-state index contributed by atoms with van der Waals surface area (Å²) in [5.74, 6) is -4.25. The maximum Gasteiger partial charge on any atom is 0.341 e. The Morgan fingerprint density at radius 3 is 2.28 bits per heavy atom. The third-order valence-electron chi connectivity index (χ3n) is 6.65. The summed E-state index contributed by atoms with van der Waals surface area (Å²) >= 11 is 0. The average molecular weight is 497 g/mol. The van der Waals surface area contributed by atoms with Crippen LogP contribution >= 0.6 is 0 Å². The number of nitrogens with one attached hydrogen (secondary N) is 2. The fourth-order valence-electron chi connectivity index (χ4n) is 5.00. The SMILES string of the molecule is CC1CN(c2c(F)c(NC(=O)c3ccccc3)c3c(=O)c(C(=O)O)cn(C4CC4)c3c2F)CC(C)N1. The Kier molecular flexibility index (Phi) is 5.99. The molecule has 2 aliphatic rings. The molecule has 0 bridgehead atoms. The van der Waals surface area contributed by atoms with Gasteiger partial charge in [-0.15, -0.1) is 0 Å². The quantitative estimate of drug-likeness (QED) is 0.497. The van der Waals surface area contributed by atoms with Crippen molar-refractivity contribution in [3.05, 3.63) is 69.5 Å². The first-order valence-corrected chi connectivity index (χ1v) is 11.9. The van der Waals surface area contributed by atoms with Gasteiger partial charge in [0, 0.05) is 43.0 Å². The predicted octanol–water partition coefficient (Wildman–Crippen LogP) is 3.75. The lowest BCUT2D eigenvalue weighted by Crippen LogP contribution is -2.54. The van der Waals surface area contributed by atoms with E-state index in [0.717, 1.165) is 6.20 Å². The first-order valence-electron chi connectivity index (χ1n) is 11.9. The van der Waals surface area contributed by atoms with E-state index in [-0.39, 0.29) is 34.9 Å². The van der Waals surface area contributed by atoms with Gasteiger partial charge >= 0.3 is 5.97 Å². The van der Waals surface area contributed by atoms with Crippen LogP contribution in [0.3, 0.4) is 0 Å². The lowest BCUT2D eigenvalue weighted by atomic mass is 10.0. The molecule has 8 nitrogen and oxygen atoms in total. The fraction of sp³-hybridized carbons (Fsp3) is 0.346. The van der Waals surface area contributed by atoms with Gasteiger partial charge in [0.1, 0.15) is 11.3 Å². The maximum absolute atomic E-state index is 16.2. The molecule has 36 heavy (non-hydrogen) atoms. The van der Waals surface area contributed by atoms with Crippen molar-refractivity contribution in [1.82, 2.24) is 9.88 Å². The molecule has 2 fully saturated rings. The second-order valence-corrected chi connectivity index (χ2v) is 9.58. The number of halogens is 2. The minimum atomic E-state index is -1.51. The van der Waals surface area contributed by atoms with Gasteiger partial charge in [0.25, 0.3) is 5.91 Å². The molecule has 3 aromatic rings. The van der Waals surface area contributed by atoms with Gasteiger partial charge in [0.15, 0.2) is 11.6 Å². The molecule has 1 saturated carbocycles. The normalized spacial score (nSPS) is 19.9. The van der Waals surface area contributed by atoms with E-state index >= 15 is 8.78 Å². The zero-order valence-corrected chi connectivity index (χ0v) is 19.8. The number of amides is 1. The van der Waals surface area contributed by atoms with E-state index in [1.54, 1.807) is 23.1 Å². The van der Waals surface area contributed by atoms with Gasteiger partial charge in [0.05, 0.1) is 16.6 Å². The van der Waals surface area contributed by atoms with Crippen LogP contribution in [0.2, 0.25) is 0 Å². The Hall–Kier alpha value is -3.79. The van der Waals surface area contributed by atoms with Crippen LogP contribution in [0.1, 0.15) is 53.4 Å². The van der Waals surface area contributed by atoms with Crippen molar-refractivity contribution < 1.29 is 23.5 Å². The molecule has 1 aliphatic carbocycles. The van der Waals surface area contributed by atoms with E-state index in [2.05, 4.69) is 10.6 Å². The van der Waals surface area contributed by atoms with Gasteiger partial charge in [-0.3, -0.25) is 9.59 Å².